The third kappa shape index (κ3) is 4.50. The van der Waals surface area contributed by atoms with Gasteiger partial charge in [-0.3, -0.25) is 4.79 Å². The minimum Gasteiger partial charge on any atom is -0.512 e. The van der Waals surface area contributed by atoms with E-state index >= 15 is 0 Å². The first kappa shape index (κ1) is 9.44. The van der Waals surface area contributed by atoms with Gasteiger partial charge < -0.3 is 5.11 Å². The lowest BCUT2D eigenvalue weighted by Crippen LogP contribution is -2.12. The number of hydrogen-bond donors (Lipinski definition) is 1. The molecular weight excluding hydrogens is 188 g/mol. The number of aliphatic hydroxyl groups excluding tert-OH is 1. The molecule has 2 nitrogen and oxygen atoms in total. The Bertz CT molecular complexity index is 329. The number of ketones is 1. The van der Waals surface area contributed by atoms with Crippen molar-refractivity contribution in [2.24, 2.45) is 11.8 Å². The van der Waals surface area contributed by atoms with E-state index in [-0.39, 0.29) is 0 Å². The topological polar surface area (TPSA) is 37.3 Å². The van der Waals surface area contributed by atoms with Gasteiger partial charge >= 0.3 is 0 Å². The van der Waals surface area contributed by atoms with Crippen molar-refractivity contribution in [2.75, 3.05) is 0 Å². The summed E-state index contributed by atoms with van der Waals surface area (Å²) in [6.45, 7) is 6.90. The van der Waals surface area contributed by atoms with Crippen LogP contribution in [-0.4, -0.2) is 10.9 Å². The highest BCUT2D eigenvalue weighted by molar-refractivity contribution is 5.92. The highest BCUT2D eigenvalue weighted by atomic mass is 16.3. The Morgan fingerprint density at radius 3 is 1.93 bits per heavy atom. The molecule has 88 valence electrons. The minimum atomic E-state index is -1.37. The van der Waals surface area contributed by atoms with Crippen LogP contribution >= 0.6 is 0 Å². The molecule has 0 heterocycles. The van der Waals surface area contributed by atoms with Crippen LogP contribution in [0.15, 0.2) is 11.8 Å². The standard InChI is InChI=1S/C13H24O2/c1-5-10(6-2)12(14)9-13(15)11(7-3)8-4/h9-11,14H,5-8H2,1-4H3/b12-9-/i9D,10D,11D. The summed E-state index contributed by atoms with van der Waals surface area (Å²) in [5.41, 5.74) is 0. The van der Waals surface area contributed by atoms with Crippen molar-refractivity contribution in [1.82, 2.24) is 0 Å². The molecule has 0 atom stereocenters. The highest BCUT2D eigenvalue weighted by Crippen LogP contribution is 2.18. The molecule has 0 fully saturated rings. The lowest BCUT2D eigenvalue weighted by Gasteiger charge is -2.13. The van der Waals surface area contributed by atoms with Gasteiger partial charge in [0.05, 0.1) is 7.13 Å². The third-order valence-electron chi connectivity index (χ3n) is 2.60. The lowest BCUT2D eigenvalue weighted by atomic mass is 9.94. The second kappa shape index (κ2) is 7.49. The van der Waals surface area contributed by atoms with Crippen LogP contribution in [0.1, 0.15) is 57.5 Å². The molecule has 0 bridgehead atoms. The van der Waals surface area contributed by atoms with E-state index in [0.29, 0.717) is 25.7 Å². The summed E-state index contributed by atoms with van der Waals surface area (Å²) < 4.78 is 23.8. The number of rotatable bonds is 7. The average Bonchev–Trinajstić information content (AvgIpc) is 2.42. The van der Waals surface area contributed by atoms with Crippen LogP contribution in [0.4, 0.5) is 0 Å². The zero-order valence-corrected chi connectivity index (χ0v) is 10.2. The first-order chi connectivity index (χ1) is 8.22. The minimum absolute atomic E-state index is 0.293. The zero-order valence-electron chi connectivity index (χ0n) is 13.2. The van der Waals surface area contributed by atoms with Gasteiger partial charge in [0.25, 0.3) is 0 Å². The molecular formula is C13H24O2. The average molecular weight is 215 g/mol. The number of aliphatic hydroxyl groups is 1. The van der Waals surface area contributed by atoms with Crippen molar-refractivity contribution in [2.45, 2.75) is 53.4 Å². The van der Waals surface area contributed by atoms with Crippen molar-refractivity contribution in [1.29, 1.82) is 0 Å². The maximum Gasteiger partial charge on any atom is 0.162 e. The summed E-state index contributed by atoms with van der Waals surface area (Å²) in [5, 5.41) is 9.96. The Kier molecular flexibility index (Phi) is 4.72. The molecule has 0 aliphatic heterocycles. The number of carbonyl (C=O) groups excluding carboxylic acids is 1. The second-order valence-electron chi connectivity index (χ2n) is 3.42. The Balaban J connectivity index is 5.49. The first-order valence-electron chi connectivity index (χ1n) is 7.17. The quantitative estimate of drug-likeness (QED) is 0.517. The molecule has 0 amide bonds. The number of allylic oxidation sites excluding steroid dienone is 2. The number of carbonyl (C=O) groups is 1. The van der Waals surface area contributed by atoms with Crippen LogP contribution < -0.4 is 0 Å². The Morgan fingerprint density at radius 1 is 1.20 bits per heavy atom. The van der Waals surface area contributed by atoms with Gasteiger partial charge in [0.1, 0.15) is 0 Å². The molecule has 0 radical (unpaired) electrons. The van der Waals surface area contributed by atoms with Crippen LogP contribution in [-0.2, 0) is 4.79 Å². The van der Waals surface area contributed by atoms with E-state index in [1.54, 1.807) is 27.7 Å². The predicted octanol–water partition coefficient (Wildman–Crippen LogP) is 3.87. The lowest BCUT2D eigenvalue weighted by molar-refractivity contribution is -0.118. The van der Waals surface area contributed by atoms with Crippen molar-refractivity contribution in [3.05, 3.63) is 11.8 Å². The Morgan fingerprint density at radius 2 is 1.60 bits per heavy atom. The smallest absolute Gasteiger partial charge is 0.162 e. The zero-order chi connectivity index (χ0) is 14.6. The summed E-state index contributed by atoms with van der Waals surface area (Å²) in [6.07, 6.45) is 1.24. The van der Waals surface area contributed by atoms with Gasteiger partial charge in [-0.15, -0.1) is 0 Å². The van der Waals surface area contributed by atoms with Gasteiger partial charge in [-0.2, -0.15) is 0 Å². The van der Waals surface area contributed by atoms with E-state index < -0.39 is 29.4 Å². The molecule has 0 aromatic heterocycles. The van der Waals surface area contributed by atoms with Gasteiger partial charge in [0.15, 0.2) is 5.78 Å². The fourth-order valence-corrected chi connectivity index (χ4v) is 1.44. The highest BCUT2D eigenvalue weighted by Gasteiger charge is 2.15. The van der Waals surface area contributed by atoms with E-state index in [1.807, 2.05) is 0 Å². The molecule has 0 rings (SSSR count). The molecule has 1 N–H and O–H groups in total. The predicted molar refractivity (Wildman–Crippen MR) is 63.9 cm³/mol. The molecule has 0 aromatic rings. The molecule has 0 aromatic carbocycles. The third-order valence-corrected chi connectivity index (χ3v) is 2.60. The van der Waals surface area contributed by atoms with Gasteiger partial charge in [0.2, 0.25) is 0 Å². The van der Waals surface area contributed by atoms with Crippen molar-refractivity contribution < 1.29 is 14.0 Å². The molecule has 0 saturated carbocycles. The van der Waals surface area contributed by atoms with E-state index in [9.17, 15) is 9.90 Å². The van der Waals surface area contributed by atoms with Crippen LogP contribution in [0, 0.1) is 11.8 Å². The normalized spacial score (nSPS) is 17.5. The van der Waals surface area contributed by atoms with Gasteiger partial charge in [0, 0.05) is 20.6 Å². The monoisotopic (exact) mass is 215 g/mol. The summed E-state index contributed by atoms with van der Waals surface area (Å²) in [4.78, 5) is 12.1. The fraction of sp³-hybridized carbons (Fsp3) is 0.769. The Hall–Kier alpha value is -0.790. The molecule has 2 heteroatoms. The van der Waals surface area contributed by atoms with E-state index in [4.69, 9.17) is 4.11 Å². The van der Waals surface area contributed by atoms with Crippen molar-refractivity contribution in [3.8, 4) is 0 Å². The van der Waals surface area contributed by atoms with Gasteiger partial charge in [-0.25, -0.2) is 0 Å². The summed E-state index contributed by atoms with van der Waals surface area (Å²) in [5.74, 6) is -3.86. The van der Waals surface area contributed by atoms with Crippen molar-refractivity contribution >= 4 is 5.78 Å². The van der Waals surface area contributed by atoms with E-state index in [1.165, 1.54) is 0 Å². The van der Waals surface area contributed by atoms with E-state index in [0.717, 1.165) is 0 Å². The maximum absolute atomic E-state index is 12.1. The number of hydrogen-bond acceptors (Lipinski definition) is 2. The summed E-state index contributed by atoms with van der Waals surface area (Å²) in [6, 6.07) is -0.576. The largest absolute Gasteiger partial charge is 0.512 e. The summed E-state index contributed by atoms with van der Waals surface area (Å²) in [7, 11) is 0. The molecule has 0 aliphatic carbocycles. The Labute approximate surface area is 97.6 Å². The van der Waals surface area contributed by atoms with Crippen molar-refractivity contribution in [3.63, 3.8) is 0 Å². The molecule has 0 aliphatic rings. The fourth-order valence-electron chi connectivity index (χ4n) is 1.44. The van der Waals surface area contributed by atoms with E-state index in [2.05, 4.69) is 0 Å². The summed E-state index contributed by atoms with van der Waals surface area (Å²) >= 11 is 0. The molecule has 15 heavy (non-hydrogen) atoms. The molecule has 0 spiro atoms. The molecule has 0 saturated heterocycles. The molecule has 0 unspecified atom stereocenters. The van der Waals surface area contributed by atoms with Gasteiger partial charge in [-0.05, 0) is 25.7 Å². The van der Waals surface area contributed by atoms with Crippen LogP contribution in [0.25, 0.3) is 0 Å². The SMILES string of the molecule is [2H]/C(C(=O)C([2H])(CC)CC)=C(/O)C([2H])(CC)CC. The second-order valence-corrected chi connectivity index (χ2v) is 3.42. The van der Waals surface area contributed by atoms with Crippen LogP contribution in [0.2, 0.25) is 0 Å². The maximum atomic E-state index is 12.1. The van der Waals surface area contributed by atoms with Crippen LogP contribution in [0.3, 0.4) is 0 Å². The first-order valence-corrected chi connectivity index (χ1v) is 5.67. The van der Waals surface area contributed by atoms with Gasteiger partial charge in [-0.1, -0.05) is 27.7 Å². The van der Waals surface area contributed by atoms with Crippen LogP contribution in [0.5, 0.6) is 0 Å².